The molecule has 2 aromatic carbocycles. The minimum Gasteiger partial charge on any atom is -0.444 e. The Kier molecular flexibility index (Phi) is 6.78. The van der Waals surface area contributed by atoms with Gasteiger partial charge in [-0.3, -0.25) is 0 Å². The highest BCUT2D eigenvalue weighted by atomic mass is 16.6. The number of carbonyl (C=O) groups is 1. The Morgan fingerprint density at radius 2 is 1.65 bits per heavy atom. The molecule has 1 saturated heterocycles. The summed E-state index contributed by atoms with van der Waals surface area (Å²) in [6.07, 6.45) is 4.85. The summed E-state index contributed by atoms with van der Waals surface area (Å²) < 4.78 is 7.68. The monoisotopic (exact) mass is 495 g/mol. The van der Waals surface area contributed by atoms with Gasteiger partial charge in [-0.05, 0) is 58.2 Å². The van der Waals surface area contributed by atoms with Gasteiger partial charge in [-0.25, -0.2) is 19.4 Å². The number of likely N-dealkylation sites (tertiary alicyclic amines) is 1. The third kappa shape index (κ3) is 5.56. The number of amides is 1. The van der Waals surface area contributed by atoms with Gasteiger partial charge in [0.25, 0.3) is 5.95 Å². The van der Waals surface area contributed by atoms with Gasteiger partial charge in [0.1, 0.15) is 5.60 Å². The van der Waals surface area contributed by atoms with Crippen LogP contribution >= 0.6 is 0 Å². The van der Waals surface area contributed by atoms with E-state index in [9.17, 15) is 4.79 Å². The Morgan fingerprint density at radius 1 is 0.946 bits per heavy atom. The lowest BCUT2D eigenvalue weighted by Crippen LogP contribution is -2.44. The van der Waals surface area contributed by atoms with Gasteiger partial charge in [0.15, 0.2) is 0 Å². The molecule has 1 amide bonds. The van der Waals surface area contributed by atoms with Gasteiger partial charge in [-0.15, -0.1) is 0 Å². The highest BCUT2D eigenvalue weighted by molar-refractivity contribution is 5.69. The molecule has 1 aliphatic rings. The van der Waals surface area contributed by atoms with Gasteiger partial charge in [0.2, 0.25) is 0 Å². The fourth-order valence-electron chi connectivity index (χ4n) is 4.87. The first-order valence-electron chi connectivity index (χ1n) is 12.8. The Hall–Kier alpha value is -4.00. The zero-order valence-corrected chi connectivity index (χ0v) is 21.8. The molecule has 7 heteroatoms. The van der Waals surface area contributed by atoms with Crippen molar-refractivity contribution >= 4 is 6.09 Å². The van der Waals surface area contributed by atoms with Crippen molar-refractivity contribution in [3.8, 4) is 17.2 Å². The minimum atomic E-state index is -0.580. The summed E-state index contributed by atoms with van der Waals surface area (Å²) in [5.74, 6) is 0.563. The van der Waals surface area contributed by atoms with Gasteiger partial charge in [0, 0.05) is 30.4 Å². The average molecular weight is 496 g/mol. The second kappa shape index (κ2) is 10.2. The van der Waals surface area contributed by atoms with E-state index in [-0.39, 0.29) is 18.1 Å². The first-order valence-corrected chi connectivity index (χ1v) is 12.8. The SMILES string of the molecule is Cc1ccc(-c2cc([C@H]3CC[C@H](c4ccccc4)N(C(=O)OC(C)(C)C)C3)n(-c3ncccn3)n2)cc1. The maximum Gasteiger partial charge on any atom is 0.410 e. The standard InChI is InChI=1S/C30H33N5O2/c1-21-11-13-22(14-12-21)25-19-27(35(33-25)28-31-17-8-18-32-28)24-15-16-26(23-9-6-5-7-10-23)34(20-24)29(36)37-30(2,3)4/h5-14,17-19,24,26H,15-16,20H2,1-4H3/t24-,26+/m0/s1. The average Bonchev–Trinajstić information content (AvgIpc) is 3.34. The smallest absolute Gasteiger partial charge is 0.410 e. The van der Waals surface area contributed by atoms with Crippen LogP contribution < -0.4 is 0 Å². The second-order valence-corrected chi connectivity index (χ2v) is 10.6. The number of hydrogen-bond donors (Lipinski definition) is 0. The number of nitrogens with zero attached hydrogens (tertiary/aromatic N) is 5. The van der Waals surface area contributed by atoms with E-state index in [1.54, 1.807) is 18.5 Å². The summed E-state index contributed by atoms with van der Waals surface area (Å²) in [6.45, 7) is 8.29. The van der Waals surface area contributed by atoms with Crippen LogP contribution in [-0.2, 0) is 4.74 Å². The zero-order valence-electron chi connectivity index (χ0n) is 21.8. The minimum absolute atomic E-state index is 0.0444. The summed E-state index contributed by atoms with van der Waals surface area (Å²) in [5.41, 5.74) is 4.61. The third-order valence-corrected chi connectivity index (χ3v) is 6.64. The zero-order chi connectivity index (χ0) is 26.0. The van der Waals surface area contributed by atoms with Crippen molar-refractivity contribution in [2.45, 2.75) is 58.1 Å². The molecule has 0 radical (unpaired) electrons. The highest BCUT2D eigenvalue weighted by Crippen LogP contribution is 2.39. The van der Waals surface area contributed by atoms with Gasteiger partial charge in [-0.2, -0.15) is 5.10 Å². The molecule has 2 atom stereocenters. The molecular formula is C30H33N5O2. The Bertz CT molecular complexity index is 1340. The molecule has 0 saturated carbocycles. The van der Waals surface area contributed by atoms with Crippen LogP contribution in [0.5, 0.6) is 0 Å². The van der Waals surface area contributed by atoms with Gasteiger partial charge < -0.3 is 9.64 Å². The molecule has 37 heavy (non-hydrogen) atoms. The molecular weight excluding hydrogens is 462 g/mol. The van der Waals surface area contributed by atoms with Crippen LogP contribution in [0.25, 0.3) is 17.2 Å². The van der Waals surface area contributed by atoms with Crippen molar-refractivity contribution in [1.29, 1.82) is 0 Å². The van der Waals surface area contributed by atoms with Gasteiger partial charge in [-0.1, -0.05) is 60.2 Å². The molecule has 1 aliphatic heterocycles. The molecule has 0 spiro atoms. The molecule has 1 fully saturated rings. The van der Waals surface area contributed by atoms with Crippen molar-refractivity contribution in [3.63, 3.8) is 0 Å². The fraction of sp³-hybridized carbons (Fsp3) is 0.333. The maximum atomic E-state index is 13.4. The van der Waals surface area contributed by atoms with E-state index >= 15 is 0 Å². The van der Waals surface area contributed by atoms with Crippen LogP contribution in [0.2, 0.25) is 0 Å². The van der Waals surface area contributed by atoms with E-state index in [1.807, 2.05) is 48.6 Å². The largest absolute Gasteiger partial charge is 0.444 e. The Morgan fingerprint density at radius 3 is 2.32 bits per heavy atom. The number of benzene rings is 2. The molecule has 0 aliphatic carbocycles. The van der Waals surface area contributed by atoms with Crippen molar-refractivity contribution in [2.24, 2.45) is 0 Å². The van der Waals surface area contributed by atoms with E-state index in [2.05, 4.69) is 59.4 Å². The third-order valence-electron chi connectivity index (χ3n) is 6.64. The second-order valence-electron chi connectivity index (χ2n) is 10.6. The summed E-state index contributed by atoms with van der Waals surface area (Å²) in [5, 5.41) is 4.92. The van der Waals surface area contributed by atoms with Crippen LogP contribution in [0.1, 0.15) is 62.4 Å². The molecule has 5 rings (SSSR count). The molecule has 0 N–H and O–H groups in total. The number of aromatic nitrogens is 4. The lowest BCUT2D eigenvalue weighted by Gasteiger charge is -2.40. The van der Waals surface area contributed by atoms with Crippen molar-refractivity contribution in [3.05, 3.63) is 95.9 Å². The summed E-state index contributed by atoms with van der Waals surface area (Å²) in [4.78, 5) is 24.3. The van der Waals surface area contributed by atoms with Crippen LogP contribution in [0.15, 0.2) is 79.1 Å². The van der Waals surface area contributed by atoms with Gasteiger partial charge in [0.05, 0.1) is 17.4 Å². The normalized spacial score (nSPS) is 18.0. The number of carbonyl (C=O) groups excluding carboxylic acids is 1. The van der Waals surface area contributed by atoms with Gasteiger partial charge >= 0.3 is 6.09 Å². The first-order chi connectivity index (χ1) is 17.8. The number of piperidine rings is 1. The maximum absolute atomic E-state index is 13.4. The van der Waals surface area contributed by atoms with E-state index in [4.69, 9.17) is 9.84 Å². The summed E-state index contributed by atoms with van der Waals surface area (Å²) >= 11 is 0. The molecule has 4 aromatic rings. The predicted molar refractivity (Wildman–Crippen MR) is 143 cm³/mol. The van der Waals surface area contributed by atoms with Crippen LogP contribution in [0.4, 0.5) is 4.79 Å². The summed E-state index contributed by atoms with van der Waals surface area (Å²) in [6, 6.07) is 22.4. The molecule has 190 valence electrons. The van der Waals surface area contributed by atoms with Crippen molar-refractivity contribution < 1.29 is 9.53 Å². The van der Waals surface area contributed by atoms with E-state index < -0.39 is 5.60 Å². The van der Waals surface area contributed by atoms with Crippen LogP contribution in [-0.4, -0.2) is 42.9 Å². The van der Waals surface area contributed by atoms with Crippen LogP contribution in [0.3, 0.4) is 0 Å². The predicted octanol–water partition coefficient (Wildman–Crippen LogP) is 6.49. The number of ether oxygens (including phenoxy) is 1. The molecule has 7 nitrogen and oxygen atoms in total. The Balaban J connectivity index is 1.53. The van der Waals surface area contributed by atoms with E-state index in [0.29, 0.717) is 12.5 Å². The fourth-order valence-corrected chi connectivity index (χ4v) is 4.87. The lowest BCUT2D eigenvalue weighted by molar-refractivity contribution is 0.00673. The Labute approximate surface area is 218 Å². The number of hydrogen-bond acceptors (Lipinski definition) is 5. The highest BCUT2D eigenvalue weighted by Gasteiger charge is 2.37. The van der Waals surface area contributed by atoms with Crippen LogP contribution in [0, 0.1) is 6.92 Å². The molecule has 0 bridgehead atoms. The number of aryl methyl sites for hydroxylation is 1. The molecule has 2 aromatic heterocycles. The summed E-state index contributed by atoms with van der Waals surface area (Å²) in [7, 11) is 0. The molecule has 3 heterocycles. The van der Waals surface area contributed by atoms with E-state index in [1.165, 1.54) is 5.56 Å². The van der Waals surface area contributed by atoms with E-state index in [0.717, 1.165) is 35.4 Å². The first kappa shape index (κ1) is 24.7. The quantitative estimate of drug-likeness (QED) is 0.323. The number of rotatable bonds is 4. The van der Waals surface area contributed by atoms with Crippen molar-refractivity contribution in [1.82, 2.24) is 24.6 Å². The lowest BCUT2D eigenvalue weighted by atomic mass is 9.87. The topological polar surface area (TPSA) is 73.1 Å². The van der Waals surface area contributed by atoms with Crippen molar-refractivity contribution in [2.75, 3.05) is 6.54 Å². The molecule has 0 unspecified atom stereocenters.